The third-order valence-electron chi connectivity index (χ3n) is 5.08. The molecule has 1 amide bonds. The highest BCUT2D eigenvalue weighted by Gasteiger charge is 2.33. The first-order valence-electron chi connectivity index (χ1n) is 8.92. The van der Waals surface area contributed by atoms with Crippen LogP contribution in [0, 0.1) is 0 Å². The minimum absolute atomic E-state index is 0.0330. The molecule has 2 aromatic rings. The molecule has 0 saturated carbocycles. The summed E-state index contributed by atoms with van der Waals surface area (Å²) >= 11 is 0. The topological polar surface area (TPSA) is 112 Å². The number of piperazine rings is 1. The van der Waals surface area contributed by atoms with Gasteiger partial charge in [0.1, 0.15) is 18.3 Å². The van der Waals surface area contributed by atoms with Gasteiger partial charge in [-0.3, -0.25) is 19.3 Å². The molecule has 0 radical (unpaired) electrons. The van der Waals surface area contributed by atoms with Gasteiger partial charge in [0.05, 0.1) is 7.11 Å². The third kappa shape index (κ3) is 3.79. The highest BCUT2D eigenvalue weighted by molar-refractivity contribution is 5.91. The van der Waals surface area contributed by atoms with Crippen molar-refractivity contribution in [2.24, 2.45) is 0 Å². The number of carboxylic acid groups (broad SMARTS) is 2. The van der Waals surface area contributed by atoms with E-state index >= 15 is 0 Å². The highest BCUT2D eigenvalue weighted by Crippen LogP contribution is 2.33. The second kappa shape index (κ2) is 7.89. The van der Waals surface area contributed by atoms with E-state index in [2.05, 4.69) is 0 Å². The summed E-state index contributed by atoms with van der Waals surface area (Å²) in [6, 6.07) is 4.22. The van der Waals surface area contributed by atoms with Crippen LogP contribution in [0.15, 0.2) is 24.4 Å². The molecule has 1 aliphatic heterocycles. The molecule has 150 valence electrons. The summed E-state index contributed by atoms with van der Waals surface area (Å²) in [5.41, 5.74) is 1.14. The van der Waals surface area contributed by atoms with Gasteiger partial charge in [0.25, 0.3) is 0 Å². The van der Waals surface area contributed by atoms with Gasteiger partial charge in [-0.05, 0) is 18.2 Å². The van der Waals surface area contributed by atoms with Crippen molar-refractivity contribution in [3.63, 3.8) is 0 Å². The van der Waals surface area contributed by atoms with Crippen LogP contribution >= 0.6 is 0 Å². The standard InChI is InChI=1S/C19H23N3O6/c1-12(23)20-5-7-21(8-6-20)18(19(26)27)15-10-22(11-17(24)25)16-4-3-13(28-2)9-14(15)16/h3-4,9-10,18H,5-8,11H2,1-2H3,(H,24,25)(H,26,27). The molecule has 9 heteroatoms. The maximum absolute atomic E-state index is 12.2. The van der Waals surface area contributed by atoms with Gasteiger partial charge in [-0.1, -0.05) is 0 Å². The van der Waals surface area contributed by atoms with Gasteiger partial charge >= 0.3 is 11.9 Å². The molecule has 1 saturated heterocycles. The van der Waals surface area contributed by atoms with Crippen LogP contribution in [0.3, 0.4) is 0 Å². The van der Waals surface area contributed by atoms with Crippen molar-refractivity contribution < 1.29 is 29.3 Å². The zero-order valence-electron chi connectivity index (χ0n) is 15.8. The van der Waals surface area contributed by atoms with Crippen molar-refractivity contribution in [2.45, 2.75) is 19.5 Å². The monoisotopic (exact) mass is 389 g/mol. The lowest BCUT2D eigenvalue weighted by Crippen LogP contribution is -2.50. The van der Waals surface area contributed by atoms with Gasteiger partial charge in [0, 0.05) is 55.8 Å². The van der Waals surface area contributed by atoms with E-state index in [1.807, 2.05) is 0 Å². The molecule has 1 aliphatic rings. The van der Waals surface area contributed by atoms with E-state index in [1.165, 1.54) is 18.6 Å². The number of amides is 1. The van der Waals surface area contributed by atoms with E-state index in [-0.39, 0.29) is 12.5 Å². The molecule has 9 nitrogen and oxygen atoms in total. The van der Waals surface area contributed by atoms with Gasteiger partial charge in [0.15, 0.2) is 0 Å². The number of carbonyl (C=O) groups is 3. The smallest absolute Gasteiger partial charge is 0.325 e. The average molecular weight is 389 g/mol. The number of aliphatic carboxylic acids is 2. The Kier molecular flexibility index (Phi) is 5.55. The van der Waals surface area contributed by atoms with Crippen molar-refractivity contribution >= 4 is 28.7 Å². The van der Waals surface area contributed by atoms with Gasteiger partial charge in [-0.2, -0.15) is 0 Å². The Bertz CT molecular complexity index is 914. The van der Waals surface area contributed by atoms with E-state index in [9.17, 15) is 24.6 Å². The number of carboxylic acids is 2. The van der Waals surface area contributed by atoms with Gasteiger partial charge < -0.3 is 24.4 Å². The number of benzene rings is 1. The lowest BCUT2D eigenvalue weighted by molar-refractivity contribution is -0.145. The number of rotatable bonds is 6. The molecule has 0 spiro atoms. The van der Waals surface area contributed by atoms with E-state index in [1.54, 1.807) is 34.2 Å². The van der Waals surface area contributed by atoms with Gasteiger partial charge in [-0.15, -0.1) is 0 Å². The van der Waals surface area contributed by atoms with Crippen LogP contribution in [0.5, 0.6) is 5.75 Å². The fourth-order valence-corrected chi connectivity index (χ4v) is 3.71. The Morgan fingerprint density at radius 3 is 2.36 bits per heavy atom. The Hall–Kier alpha value is -3.07. The molecular weight excluding hydrogens is 366 g/mol. The predicted octanol–water partition coefficient (Wildman–Crippen LogP) is 1.02. The molecular formula is C19H23N3O6. The van der Waals surface area contributed by atoms with Crippen LogP contribution in [-0.4, -0.2) is 75.7 Å². The zero-order valence-corrected chi connectivity index (χ0v) is 15.8. The molecule has 1 atom stereocenters. The second-order valence-electron chi connectivity index (χ2n) is 6.77. The minimum Gasteiger partial charge on any atom is -0.497 e. The molecule has 0 aliphatic carbocycles. The molecule has 28 heavy (non-hydrogen) atoms. The van der Waals surface area contributed by atoms with E-state index in [0.29, 0.717) is 48.4 Å². The number of hydrogen-bond donors (Lipinski definition) is 2. The number of ether oxygens (including phenoxy) is 1. The summed E-state index contributed by atoms with van der Waals surface area (Å²) in [5.74, 6) is -1.50. The summed E-state index contributed by atoms with van der Waals surface area (Å²) in [6.45, 7) is 2.98. The molecule has 1 aromatic carbocycles. The first-order chi connectivity index (χ1) is 13.3. The Morgan fingerprint density at radius 1 is 1.14 bits per heavy atom. The van der Waals surface area contributed by atoms with Crippen molar-refractivity contribution in [1.82, 2.24) is 14.4 Å². The normalized spacial score (nSPS) is 16.1. The number of carbonyl (C=O) groups excluding carboxylic acids is 1. The fraction of sp³-hybridized carbons (Fsp3) is 0.421. The summed E-state index contributed by atoms with van der Waals surface area (Å²) < 4.78 is 6.80. The maximum Gasteiger partial charge on any atom is 0.325 e. The van der Waals surface area contributed by atoms with Crippen LogP contribution in [0.4, 0.5) is 0 Å². The summed E-state index contributed by atoms with van der Waals surface area (Å²) in [4.78, 5) is 38.4. The van der Waals surface area contributed by atoms with E-state index < -0.39 is 18.0 Å². The van der Waals surface area contributed by atoms with Crippen LogP contribution in [0.2, 0.25) is 0 Å². The van der Waals surface area contributed by atoms with Gasteiger partial charge in [-0.25, -0.2) is 0 Å². The quantitative estimate of drug-likeness (QED) is 0.759. The fourth-order valence-electron chi connectivity index (χ4n) is 3.71. The third-order valence-corrected chi connectivity index (χ3v) is 5.08. The second-order valence-corrected chi connectivity index (χ2v) is 6.77. The summed E-state index contributed by atoms with van der Waals surface area (Å²) in [7, 11) is 1.52. The Morgan fingerprint density at radius 2 is 1.82 bits per heavy atom. The average Bonchev–Trinajstić information content (AvgIpc) is 2.98. The summed E-state index contributed by atoms with van der Waals surface area (Å²) in [6.07, 6.45) is 1.59. The molecule has 2 heterocycles. The van der Waals surface area contributed by atoms with Crippen molar-refractivity contribution in [2.75, 3.05) is 33.3 Å². The van der Waals surface area contributed by atoms with Crippen LogP contribution < -0.4 is 4.74 Å². The lowest BCUT2D eigenvalue weighted by Gasteiger charge is -2.37. The van der Waals surface area contributed by atoms with E-state index in [4.69, 9.17) is 4.74 Å². The maximum atomic E-state index is 12.2. The molecule has 2 N–H and O–H groups in total. The van der Waals surface area contributed by atoms with E-state index in [0.717, 1.165) is 0 Å². The number of methoxy groups -OCH3 is 1. The van der Waals surface area contributed by atoms with Crippen LogP contribution in [-0.2, 0) is 20.9 Å². The van der Waals surface area contributed by atoms with Crippen molar-refractivity contribution in [3.05, 3.63) is 30.0 Å². The Labute approximate surface area is 161 Å². The Balaban J connectivity index is 2.04. The zero-order chi connectivity index (χ0) is 20.4. The first kappa shape index (κ1) is 19.7. The van der Waals surface area contributed by atoms with Crippen molar-refractivity contribution in [3.8, 4) is 5.75 Å². The van der Waals surface area contributed by atoms with Crippen LogP contribution in [0.1, 0.15) is 18.5 Å². The molecule has 1 fully saturated rings. The first-order valence-corrected chi connectivity index (χ1v) is 8.92. The summed E-state index contributed by atoms with van der Waals surface area (Å²) in [5, 5.41) is 19.8. The number of nitrogens with zero attached hydrogens (tertiary/aromatic N) is 3. The largest absolute Gasteiger partial charge is 0.497 e. The van der Waals surface area contributed by atoms with Crippen molar-refractivity contribution in [1.29, 1.82) is 0 Å². The minimum atomic E-state index is -1.02. The number of aromatic nitrogens is 1. The number of hydrogen-bond acceptors (Lipinski definition) is 5. The van der Waals surface area contributed by atoms with Gasteiger partial charge in [0.2, 0.25) is 5.91 Å². The molecule has 3 rings (SSSR count). The van der Waals surface area contributed by atoms with Crippen LogP contribution in [0.25, 0.3) is 10.9 Å². The molecule has 1 unspecified atom stereocenters. The molecule has 1 aromatic heterocycles. The predicted molar refractivity (Wildman–Crippen MR) is 100 cm³/mol. The number of fused-ring (bicyclic) bond motifs is 1. The SMILES string of the molecule is COc1ccc2c(c1)c(C(C(=O)O)N1CCN(C(C)=O)CC1)cn2CC(=O)O. The highest BCUT2D eigenvalue weighted by atomic mass is 16.5. The lowest BCUT2D eigenvalue weighted by atomic mass is 10.0. The molecule has 0 bridgehead atoms.